The van der Waals surface area contributed by atoms with Gasteiger partial charge in [0, 0.05) is 30.1 Å². The molecule has 2 saturated carbocycles. The van der Waals surface area contributed by atoms with E-state index in [0.29, 0.717) is 44.0 Å². The van der Waals surface area contributed by atoms with Crippen molar-refractivity contribution in [2.24, 2.45) is 17.8 Å². The maximum atomic E-state index is 14.3. The minimum absolute atomic E-state index is 0.00291. The first-order valence-electron chi connectivity index (χ1n) is 16.8. The topological polar surface area (TPSA) is 135 Å². The van der Waals surface area contributed by atoms with Crippen LogP contribution in [-0.2, 0) is 14.3 Å². The van der Waals surface area contributed by atoms with Crippen molar-refractivity contribution < 1.29 is 38.8 Å². The van der Waals surface area contributed by atoms with Gasteiger partial charge in [-0.15, -0.1) is 0 Å². The number of hydrogen-bond acceptors (Lipinski definition) is 8. The minimum Gasteiger partial charge on any atom is -0.493 e. The van der Waals surface area contributed by atoms with Gasteiger partial charge in [0.05, 0.1) is 29.4 Å². The molecule has 0 unspecified atom stereocenters. The molecule has 46 heavy (non-hydrogen) atoms. The van der Waals surface area contributed by atoms with Crippen molar-refractivity contribution in [3.05, 3.63) is 32.9 Å². The molecule has 0 aliphatic heterocycles. The van der Waals surface area contributed by atoms with E-state index in [9.17, 15) is 24.6 Å². The maximum absolute atomic E-state index is 14.3. The van der Waals surface area contributed by atoms with Crippen LogP contribution in [0.1, 0.15) is 88.9 Å². The Morgan fingerprint density at radius 1 is 1.15 bits per heavy atom. The second kappa shape index (κ2) is 17.3. The van der Waals surface area contributed by atoms with E-state index in [2.05, 4.69) is 26.1 Å². The number of amides is 2. The Labute approximate surface area is 286 Å². The van der Waals surface area contributed by atoms with Crippen LogP contribution in [0, 0.1) is 21.3 Å². The van der Waals surface area contributed by atoms with Gasteiger partial charge in [-0.3, -0.25) is 14.4 Å². The Morgan fingerprint density at radius 2 is 1.89 bits per heavy atom. The second-order valence-electron chi connectivity index (χ2n) is 13.4. The Morgan fingerprint density at radius 3 is 2.54 bits per heavy atom. The van der Waals surface area contributed by atoms with Crippen LogP contribution in [0.15, 0.2) is 23.8 Å². The average Bonchev–Trinajstić information content (AvgIpc) is 3.05. The molecule has 3 aliphatic carbocycles. The summed E-state index contributed by atoms with van der Waals surface area (Å²) in [5.74, 6) is 1.44. The number of nitrogens with one attached hydrogen (secondary N) is 1. The summed E-state index contributed by atoms with van der Waals surface area (Å²) in [7, 11) is 1.47. The maximum Gasteiger partial charge on any atom is 0.249 e. The van der Waals surface area contributed by atoms with E-state index in [4.69, 9.17) is 14.2 Å². The first-order chi connectivity index (χ1) is 22.1. The van der Waals surface area contributed by atoms with Crippen LogP contribution >= 0.6 is 22.6 Å². The molecule has 1 aromatic rings. The van der Waals surface area contributed by atoms with E-state index in [1.165, 1.54) is 7.11 Å². The van der Waals surface area contributed by atoms with Gasteiger partial charge in [-0.2, -0.15) is 0 Å². The largest absolute Gasteiger partial charge is 0.493 e. The monoisotopic (exact) mass is 754 g/mol. The number of halogens is 1. The van der Waals surface area contributed by atoms with Gasteiger partial charge in [0.15, 0.2) is 11.5 Å². The highest BCUT2D eigenvalue weighted by atomic mass is 127. The summed E-state index contributed by atoms with van der Waals surface area (Å²) in [6.45, 7) is 6.43. The molecule has 3 aliphatic rings. The summed E-state index contributed by atoms with van der Waals surface area (Å²) >= 11 is 2.05. The SMILES string of the molecule is COc1cc(C=O)cc(I)c1O[C@H]1C=C(C(=O)NCCO)C[C@@H](N(C(=O)CO[C@H]2C[C@@H](C)CC[C@@H]2C(C)C)C2CCCCC2)[C@@H]1O. The van der Waals surface area contributed by atoms with Gasteiger partial charge >= 0.3 is 0 Å². The van der Waals surface area contributed by atoms with Gasteiger partial charge in [-0.25, -0.2) is 0 Å². The van der Waals surface area contributed by atoms with E-state index in [1.54, 1.807) is 23.1 Å². The smallest absolute Gasteiger partial charge is 0.249 e. The lowest BCUT2D eigenvalue weighted by atomic mass is 9.75. The summed E-state index contributed by atoms with van der Waals surface area (Å²) in [6, 6.07) is 2.37. The highest BCUT2D eigenvalue weighted by molar-refractivity contribution is 14.1. The second-order valence-corrected chi connectivity index (χ2v) is 14.6. The van der Waals surface area contributed by atoms with Crippen LogP contribution in [0.4, 0.5) is 0 Å². The highest BCUT2D eigenvalue weighted by Gasteiger charge is 2.44. The number of aliphatic hydroxyl groups excluding tert-OH is 2. The van der Waals surface area contributed by atoms with Crippen LogP contribution in [0.2, 0.25) is 0 Å². The number of aldehydes is 1. The number of nitrogens with zero attached hydrogens (tertiary/aromatic N) is 1. The first kappa shape index (κ1) is 36.6. The molecule has 4 rings (SSSR count). The lowest BCUT2D eigenvalue weighted by Gasteiger charge is -2.45. The quantitative estimate of drug-likeness (QED) is 0.196. The third-order valence-electron chi connectivity index (χ3n) is 9.85. The van der Waals surface area contributed by atoms with Gasteiger partial charge in [-0.1, -0.05) is 46.5 Å². The Bertz CT molecular complexity index is 1230. The third-order valence-corrected chi connectivity index (χ3v) is 10.7. The third kappa shape index (κ3) is 9.02. The fourth-order valence-corrected chi connectivity index (χ4v) is 8.14. The molecular weight excluding hydrogens is 703 g/mol. The molecule has 256 valence electrons. The Hall–Kier alpha value is -2.22. The van der Waals surface area contributed by atoms with E-state index >= 15 is 0 Å². The predicted molar refractivity (Wildman–Crippen MR) is 183 cm³/mol. The molecule has 0 heterocycles. The highest BCUT2D eigenvalue weighted by Crippen LogP contribution is 2.39. The molecule has 0 aromatic heterocycles. The van der Waals surface area contributed by atoms with Gasteiger partial charge in [-0.05, 0) is 84.2 Å². The number of rotatable bonds is 13. The number of benzene rings is 1. The van der Waals surface area contributed by atoms with Crippen molar-refractivity contribution >= 4 is 40.7 Å². The van der Waals surface area contributed by atoms with Gasteiger partial charge in [0.2, 0.25) is 11.8 Å². The molecule has 3 N–H and O–H groups in total. The molecule has 6 atom stereocenters. The van der Waals surface area contributed by atoms with Crippen molar-refractivity contribution in [1.82, 2.24) is 10.2 Å². The van der Waals surface area contributed by atoms with Crippen LogP contribution in [0.5, 0.6) is 11.5 Å². The zero-order chi connectivity index (χ0) is 33.4. The molecule has 2 fully saturated rings. The zero-order valence-corrected chi connectivity index (χ0v) is 29.7. The van der Waals surface area contributed by atoms with E-state index < -0.39 is 18.2 Å². The van der Waals surface area contributed by atoms with E-state index in [1.807, 2.05) is 22.6 Å². The molecule has 2 amide bonds. The van der Waals surface area contributed by atoms with Crippen LogP contribution in [0.3, 0.4) is 0 Å². The molecule has 0 bridgehead atoms. The lowest BCUT2D eigenvalue weighted by Crippen LogP contribution is -2.59. The molecule has 11 heteroatoms. The normalized spacial score (nSPS) is 27.1. The first-order valence-corrected chi connectivity index (χ1v) is 17.9. The molecule has 1 aromatic carbocycles. The molecule has 0 saturated heterocycles. The number of methoxy groups -OCH3 is 1. The predicted octanol–water partition coefficient (Wildman–Crippen LogP) is 4.67. The molecule has 0 radical (unpaired) electrons. The molecular formula is C35H51IN2O8. The number of carbonyl (C=O) groups is 3. The van der Waals surface area contributed by atoms with E-state index in [-0.39, 0.29) is 50.1 Å². The van der Waals surface area contributed by atoms with Crippen molar-refractivity contribution in [2.75, 3.05) is 26.9 Å². The molecule has 10 nitrogen and oxygen atoms in total. The van der Waals surface area contributed by atoms with Crippen molar-refractivity contribution in [3.8, 4) is 11.5 Å². The summed E-state index contributed by atoms with van der Waals surface area (Å²) < 4.78 is 18.9. The average molecular weight is 755 g/mol. The summed E-state index contributed by atoms with van der Waals surface area (Å²) in [4.78, 5) is 40.8. The van der Waals surface area contributed by atoms with Gasteiger partial charge in [0.1, 0.15) is 25.1 Å². The summed E-state index contributed by atoms with van der Waals surface area (Å²) in [5, 5.41) is 24.0. The standard InChI is InChI=1S/C35H51IN2O8/c1-21(2)26-11-10-22(3)14-29(26)45-20-32(41)38(25-8-6-5-7-9-25)28-17-24(35(43)37-12-13-39)18-30(33(28)42)46-34-27(36)15-23(19-40)16-31(34)44-4/h15-16,18-19,21-22,25-26,28-30,33,39,42H,5-14,17,20H2,1-4H3,(H,37,43)/t22-,26+,28+,29-,30-,33-/m0/s1. The van der Waals surface area contributed by atoms with Crippen molar-refractivity contribution in [2.45, 2.75) is 109 Å². The fraction of sp³-hybridized carbons (Fsp3) is 0.686. The minimum atomic E-state index is -1.16. The number of ether oxygens (including phenoxy) is 3. The van der Waals surface area contributed by atoms with Crippen molar-refractivity contribution in [3.63, 3.8) is 0 Å². The zero-order valence-electron chi connectivity index (χ0n) is 27.6. The van der Waals surface area contributed by atoms with Crippen LogP contribution in [-0.4, -0.2) is 90.5 Å². The Kier molecular flexibility index (Phi) is 13.7. The Balaban J connectivity index is 1.66. The molecule has 0 spiro atoms. The number of aliphatic hydroxyl groups is 2. The number of hydrogen-bond donors (Lipinski definition) is 3. The number of carbonyl (C=O) groups excluding carboxylic acids is 3. The van der Waals surface area contributed by atoms with E-state index in [0.717, 1.165) is 57.7 Å². The fourth-order valence-electron chi connectivity index (χ4n) is 7.38. The van der Waals surface area contributed by atoms with Crippen molar-refractivity contribution in [1.29, 1.82) is 0 Å². The van der Waals surface area contributed by atoms with Gasteiger partial charge in [0.25, 0.3) is 0 Å². The summed E-state index contributed by atoms with van der Waals surface area (Å²) in [5.41, 5.74) is 0.777. The van der Waals surface area contributed by atoms with Crippen LogP contribution in [0.25, 0.3) is 0 Å². The summed E-state index contributed by atoms with van der Waals surface area (Å²) in [6.07, 6.45) is 8.11. The lowest BCUT2D eigenvalue weighted by molar-refractivity contribution is -0.153. The van der Waals surface area contributed by atoms with Gasteiger partial charge < -0.3 is 34.6 Å². The van der Waals surface area contributed by atoms with Crippen LogP contribution < -0.4 is 14.8 Å².